The van der Waals surface area contributed by atoms with Crippen LogP contribution in [0.1, 0.15) is 28.0 Å². The number of halogens is 1. The number of benzene rings is 2. The Labute approximate surface area is 212 Å². The molecule has 1 aliphatic heterocycles. The molecule has 2 heterocycles. The summed E-state index contributed by atoms with van der Waals surface area (Å²) in [5.41, 5.74) is 10.1. The molecular formula is C25H22ClN5O4S. The van der Waals surface area contributed by atoms with Crippen LogP contribution in [0.5, 0.6) is 0 Å². The highest BCUT2D eigenvalue weighted by atomic mass is 35.5. The van der Waals surface area contributed by atoms with Crippen LogP contribution in [-0.4, -0.2) is 47.4 Å². The van der Waals surface area contributed by atoms with Crippen molar-refractivity contribution in [1.29, 1.82) is 0 Å². The number of amides is 2. The molecule has 184 valence electrons. The van der Waals surface area contributed by atoms with Gasteiger partial charge in [0, 0.05) is 41.9 Å². The van der Waals surface area contributed by atoms with E-state index < -0.39 is 20.6 Å². The first-order chi connectivity index (χ1) is 17.1. The number of aliphatic imine (C=N–C) groups is 1. The summed E-state index contributed by atoms with van der Waals surface area (Å²) in [4.78, 5) is 28.0. The summed E-state index contributed by atoms with van der Waals surface area (Å²) < 4.78 is 25.4. The third-order valence-corrected chi connectivity index (χ3v) is 7.87. The largest absolute Gasteiger partial charge is 0.364 e. The molecule has 3 N–H and O–H groups in total. The number of carbonyl (C=O) groups is 2. The number of carbonyl (C=O) groups excluding carboxylic acids is 2. The zero-order valence-corrected chi connectivity index (χ0v) is 20.8. The molecule has 1 unspecified atom stereocenters. The lowest BCUT2D eigenvalue weighted by atomic mass is 9.88. The van der Waals surface area contributed by atoms with Gasteiger partial charge in [-0.25, -0.2) is 13.1 Å². The molecule has 0 fully saturated rings. The number of sulfone groups is 1. The normalized spacial score (nSPS) is 18.4. The summed E-state index contributed by atoms with van der Waals surface area (Å²) in [6.07, 6.45) is 7.25. The third-order valence-electron chi connectivity index (χ3n) is 6.29. The summed E-state index contributed by atoms with van der Waals surface area (Å²) in [6, 6.07) is 11.8. The predicted octanol–water partition coefficient (Wildman–Crippen LogP) is 3.04. The minimum atomic E-state index is -3.38. The van der Waals surface area contributed by atoms with E-state index in [9.17, 15) is 18.0 Å². The Kier molecular flexibility index (Phi) is 5.80. The Bertz CT molecular complexity index is 1570. The van der Waals surface area contributed by atoms with Gasteiger partial charge in [-0.2, -0.15) is 5.10 Å². The third kappa shape index (κ3) is 4.22. The van der Waals surface area contributed by atoms with Crippen molar-refractivity contribution in [3.63, 3.8) is 0 Å². The Balaban J connectivity index is 1.59. The maximum absolute atomic E-state index is 12.9. The summed E-state index contributed by atoms with van der Waals surface area (Å²) in [7, 11) is -3.38. The van der Waals surface area contributed by atoms with E-state index in [1.807, 2.05) is 12.1 Å². The molecule has 0 saturated carbocycles. The lowest BCUT2D eigenvalue weighted by Crippen LogP contribution is -2.37. The van der Waals surface area contributed by atoms with Crippen molar-refractivity contribution < 1.29 is 18.0 Å². The van der Waals surface area contributed by atoms with Crippen LogP contribution in [0, 0.1) is 0 Å². The highest BCUT2D eigenvalue weighted by Gasteiger charge is 2.34. The minimum absolute atomic E-state index is 0.156. The second-order valence-electron chi connectivity index (χ2n) is 8.76. The number of aromatic nitrogens is 2. The summed E-state index contributed by atoms with van der Waals surface area (Å²) >= 11 is 6.49. The van der Waals surface area contributed by atoms with Crippen LogP contribution < -0.4 is 11.1 Å². The van der Waals surface area contributed by atoms with E-state index in [2.05, 4.69) is 15.4 Å². The van der Waals surface area contributed by atoms with Gasteiger partial charge >= 0.3 is 0 Å². The van der Waals surface area contributed by atoms with Crippen molar-refractivity contribution in [2.24, 2.45) is 10.7 Å². The van der Waals surface area contributed by atoms with Gasteiger partial charge in [-0.1, -0.05) is 6.07 Å². The maximum Gasteiger partial charge on any atom is 0.269 e. The first-order valence-corrected chi connectivity index (χ1v) is 13.4. The summed E-state index contributed by atoms with van der Waals surface area (Å²) in [5.74, 6) is -1.04. The molecular weight excluding hydrogens is 502 g/mol. The van der Waals surface area contributed by atoms with Gasteiger partial charge in [0.1, 0.15) is 4.87 Å². The van der Waals surface area contributed by atoms with Crippen molar-refractivity contribution in [2.75, 3.05) is 11.6 Å². The van der Waals surface area contributed by atoms with Gasteiger partial charge in [0.25, 0.3) is 5.91 Å². The number of alkyl halides is 1. The highest BCUT2D eigenvalue weighted by molar-refractivity contribution is 7.90. The molecule has 9 nitrogen and oxygen atoms in total. The van der Waals surface area contributed by atoms with Crippen LogP contribution in [0.2, 0.25) is 0 Å². The monoisotopic (exact) mass is 523 g/mol. The number of nitrogens with two attached hydrogens (primary N) is 1. The molecule has 0 saturated heterocycles. The topological polar surface area (TPSA) is 137 Å². The van der Waals surface area contributed by atoms with Crippen LogP contribution in [-0.2, 0) is 27.5 Å². The lowest BCUT2D eigenvalue weighted by Gasteiger charge is -2.23. The SMILES string of the molecule is CS(=O)(=O)c1ccc(-n2nc(C(N)=O)c3c2-c2cc(NC(=O)C4(Cl)C=CN=CC4)ccc2CC3)cc1. The number of nitrogens with zero attached hydrogens (tertiary/aromatic N) is 3. The van der Waals surface area contributed by atoms with E-state index in [0.29, 0.717) is 35.5 Å². The average Bonchev–Trinajstić information content (AvgIpc) is 3.25. The van der Waals surface area contributed by atoms with Gasteiger partial charge in [0.05, 0.1) is 16.3 Å². The summed E-state index contributed by atoms with van der Waals surface area (Å²) in [6.45, 7) is 0. The second kappa shape index (κ2) is 8.72. The van der Waals surface area contributed by atoms with E-state index in [0.717, 1.165) is 17.4 Å². The van der Waals surface area contributed by atoms with Crippen molar-refractivity contribution in [3.8, 4) is 16.9 Å². The molecule has 2 aliphatic rings. The Hall–Kier alpha value is -3.76. The Morgan fingerprint density at radius 2 is 1.89 bits per heavy atom. The number of aryl methyl sites for hydroxylation is 1. The number of rotatable bonds is 5. The predicted molar refractivity (Wildman–Crippen MR) is 137 cm³/mol. The molecule has 3 aromatic rings. The molecule has 5 rings (SSSR count). The average molecular weight is 524 g/mol. The molecule has 1 aliphatic carbocycles. The molecule has 0 radical (unpaired) electrons. The number of hydrogen-bond donors (Lipinski definition) is 2. The molecule has 11 heteroatoms. The quantitative estimate of drug-likeness (QED) is 0.495. The van der Waals surface area contributed by atoms with Crippen molar-refractivity contribution >= 4 is 45.2 Å². The van der Waals surface area contributed by atoms with Gasteiger partial charge in [0.15, 0.2) is 15.5 Å². The van der Waals surface area contributed by atoms with E-state index in [1.54, 1.807) is 35.2 Å². The van der Waals surface area contributed by atoms with Crippen LogP contribution >= 0.6 is 11.6 Å². The highest BCUT2D eigenvalue weighted by Crippen LogP contribution is 2.39. The van der Waals surface area contributed by atoms with E-state index in [1.165, 1.54) is 18.3 Å². The number of anilines is 1. The second-order valence-corrected chi connectivity index (χ2v) is 11.4. The summed E-state index contributed by atoms with van der Waals surface area (Å²) in [5, 5.41) is 7.36. The molecule has 0 bridgehead atoms. The Morgan fingerprint density at radius 1 is 1.14 bits per heavy atom. The van der Waals surface area contributed by atoms with Crippen LogP contribution in [0.25, 0.3) is 16.9 Å². The molecule has 36 heavy (non-hydrogen) atoms. The van der Waals surface area contributed by atoms with Crippen LogP contribution in [0.4, 0.5) is 5.69 Å². The fraction of sp³-hybridized carbons (Fsp3) is 0.200. The van der Waals surface area contributed by atoms with Gasteiger partial charge in [-0.05, 0) is 60.9 Å². The number of hydrogen-bond acceptors (Lipinski definition) is 6. The van der Waals surface area contributed by atoms with Gasteiger partial charge in [0.2, 0.25) is 5.91 Å². The van der Waals surface area contributed by atoms with E-state index in [4.69, 9.17) is 17.3 Å². The molecule has 0 spiro atoms. The van der Waals surface area contributed by atoms with Crippen molar-refractivity contribution in [1.82, 2.24) is 9.78 Å². The molecule has 2 aromatic carbocycles. The standard InChI is InChI=1S/C25H22ClN5O4S/c1-36(34,35)18-7-5-17(6-8-18)31-22-19(21(30-31)23(27)32)9-3-15-2-4-16(14-20(15)22)29-24(33)25(26)10-12-28-13-11-25/h2,4-8,10,12-14H,3,9,11H2,1H3,(H2,27,32)(H,29,33). The number of primary amides is 1. The van der Waals surface area contributed by atoms with Gasteiger partial charge in [-0.15, -0.1) is 11.6 Å². The molecule has 2 amide bonds. The zero-order valence-electron chi connectivity index (χ0n) is 19.2. The van der Waals surface area contributed by atoms with E-state index in [-0.39, 0.29) is 22.9 Å². The van der Waals surface area contributed by atoms with Crippen LogP contribution in [0.3, 0.4) is 0 Å². The first-order valence-electron chi connectivity index (χ1n) is 11.1. The first kappa shape index (κ1) is 24.0. The van der Waals surface area contributed by atoms with Gasteiger partial charge < -0.3 is 11.1 Å². The van der Waals surface area contributed by atoms with Crippen LogP contribution in [0.15, 0.2) is 64.6 Å². The fourth-order valence-electron chi connectivity index (χ4n) is 4.41. The lowest BCUT2D eigenvalue weighted by molar-refractivity contribution is -0.117. The molecule has 1 atom stereocenters. The fourth-order valence-corrected chi connectivity index (χ4v) is 5.22. The minimum Gasteiger partial charge on any atom is -0.364 e. The number of nitrogens with one attached hydrogen (secondary N) is 1. The van der Waals surface area contributed by atoms with Crippen molar-refractivity contribution in [2.45, 2.75) is 29.0 Å². The van der Waals surface area contributed by atoms with Crippen molar-refractivity contribution in [3.05, 3.63) is 71.6 Å². The molecule has 1 aromatic heterocycles. The van der Waals surface area contributed by atoms with Gasteiger partial charge in [-0.3, -0.25) is 14.6 Å². The van der Waals surface area contributed by atoms with E-state index >= 15 is 0 Å². The number of fused-ring (bicyclic) bond motifs is 3. The maximum atomic E-state index is 12.9. The Morgan fingerprint density at radius 3 is 2.53 bits per heavy atom. The smallest absolute Gasteiger partial charge is 0.269 e. The zero-order chi connectivity index (χ0) is 25.7.